The maximum atomic E-state index is 9.45. The number of aliphatic hydroxyl groups excluding tert-OH is 1. The van der Waals surface area contributed by atoms with Crippen LogP contribution in [-0.4, -0.2) is 33.9 Å². The maximum absolute atomic E-state index is 9.45. The third-order valence-electron chi connectivity index (χ3n) is 3.18. The predicted molar refractivity (Wildman–Crippen MR) is 89.7 cm³/mol. The highest BCUT2D eigenvalue weighted by atomic mass is 16.5. The normalized spacial score (nSPS) is 11.6. The minimum absolute atomic E-state index is 0.673. The van der Waals surface area contributed by atoms with Crippen molar-refractivity contribution in [2.75, 3.05) is 6.61 Å². The SMILES string of the molecule is CC(O)C(=O)O.CCOc1cccc2nc3ccccc3cc12. The maximum Gasteiger partial charge on any atom is 0.332 e. The molecule has 23 heavy (non-hydrogen) atoms. The Balaban J connectivity index is 0.000000277. The van der Waals surface area contributed by atoms with E-state index >= 15 is 0 Å². The predicted octanol–water partition coefficient (Wildman–Crippen LogP) is 3.24. The number of ether oxygens (including phenoxy) is 1. The first-order valence-corrected chi connectivity index (χ1v) is 7.35. The van der Waals surface area contributed by atoms with Crippen molar-refractivity contribution in [3.8, 4) is 5.75 Å². The van der Waals surface area contributed by atoms with Gasteiger partial charge in [-0.15, -0.1) is 0 Å². The summed E-state index contributed by atoms with van der Waals surface area (Å²) in [6.07, 6.45) is -1.23. The van der Waals surface area contributed by atoms with Gasteiger partial charge in [-0.2, -0.15) is 0 Å². The standard InChI is InChI=1S/C15H13NO.C3H6O3/c1-2-17-15-9-5-8-14-12(15)10-11-6-3-4-7-13(11)16-14;1-2(4)3(5)6/h3-10H,2H2,1H3;2,4H,1H3,(H,5,6). The second-order valence-electron chi connectivity index (χ2n) is 4.95. The molecule has 0 radical (unpaired) electrons. The van der Waals surface area contributed by atoms with E-state index in [-0.39, 0.29) is 0 Å². The number of aliphatic carboxylic acids is 1. The van der Waals surface area contributed by atoms with E-state index in [4.69, 9.17) is 14.9 Å². The van der Waals surface area contributed by atoms with Crippen LogP contribution in [0.25, 0.3) is 21.8 Å². The number of carbonyl (C=O) groups is 1. The minimum atomic E-state index is -1.23. The van der Waals surface area contributed by atoms with E-state index in [2.05, 4.69) is 17.1 Å². The summed E-state index contributed by atoms with van der Waals surface area (Å²) in [6.45, 7) is 3.86. The molecule has 0 aliphatic rings. The Morgan fingerprint density at radius 3 is 2.48 bits per heavy atom. The molecular formula is C18H19NO4. The molecule has 0 saturated heterocycles. The number of nitrogens with zero attached hydrogens (tertiary/aromatic N) is 1. The molecule has 0 fully saturated rings. The van der Waals surface area contributed by atoms with Gasteiger partial charge in [0.25, 0.3) is 0 Å². The van der Waals surface area contributed by atoms with Crippen LogP contribution in [0.1, 0.15) is 13.8 Å². The third kappa shape index (κ3) is 4.17. The molecule has 3 aromatic rings. The zero-order valence-corrected chi connectivity index (χ0v) is 13.1. The average Bonchev–Trinajstić information content (AvgIpc) is 2.54. The molecule has 1 atom stereocenters. The molecule has 0 saturated carbocycles. The lowest BCUT2D eigenvalue weighted by molar-refractivity contribution is -0.145. The first-order chi connectivity index (χ1) is 11.0. The Bertz CT molecular complexity index is 814. The molecule has 1 unspecified atom stereocenters. The van der Waals surface area contributed by atoms with Gasteiger partial charge in [0.1, 0.15) is 11.9 Å². The Morgan fingerprint density at radius 1 is 1.17 bits per heavy atom. The lowest BCUT2D eigenvalue weighted by atomic mass is 10.1. The van der Waals surface area contributed by atoms with Gasteiger partial charge in [-0.3, -0.25) is 0 Å². The van der Waals surface area contributed by atoms with Gasteiger partial charge in [-0.05, 0) is 38.1 Å². The fraction of sp³-hybridized carbons (Fsp3) is 0.222. The molecule has 0 aliphatic heterocycles. The molecule has 1 aromatic heterocycles. The number of pyridine rings is 1. The molecule has 0 bridgehead atoms. The summed E-state index contributed by atoms with van der Waals surface area (Å²) < 4.78 is 5.63. The van der Waals surface area contributed by atoms with Crippen LogP contribution in [0.2, 0.25) is 0 Å². The Labute approximate surface area is 134 Å². The van der Waals surface area contributed by atoms with Gasteiger partial charge in [-0.25, -0.2) is 9.78 Å². The van der Waals surface area contributed by atoms with Gasteiger partial charge in [0.2, 0.25) is 0 Å². The van der Waals surface area contributed by atoms with Gasteiger partial charge in [0, 0.05) is 10.8 Å². The van der Waals surface area contributed by atoms with Crippen LogP contribution < -0.4 is 4.74 Å². The Morgan fingerprint density at radius 2 is 1.83 bits per heavy atom. The molecule has 5 heteroatoms. The Hall–Kier alpha value is -2.66. The molecule has 2 aromatic carbocycles. The minimum Gasteiger partial charge on any atom is -0.493 e. The van der Waals surface area contributed by atoms with Crippen molar-refractivity contribution in [3.63, 3.8) is 0 Å². The number of benzene rings is 2. The fourth-order valence-corrected chi connectivity index (χ4v) is 2.05. The number of aliphatic hydroxyl groups is 1. The molecule has 3 rings (SSSR count). The lowest BCUT2D eigenvalue weighted by Crippen LogP contribution is -2.13. The van der Waals surface area contributed by atoms with Crippen molar-refractivity contribution in [1.82, 2.24) is 4.98 Å². The van der Waals surface area contributed by atoms with Crippen LogP contribution in [0.15, 0.2) is 48.5 Å². The number of hydrogen-bond acceptors (Lipinski definition) is 4. The summed E-state index contributed by atoms with van der Waals surface area (Å²) in [5.41, 5.74) is 2.00. The number of para-hydroxylation sites is 1. The van der Waals surface area contributed by atoms with Crippen LogP contribution in [0, 0.1) is 0 Å². The highest BCUT2D eigenvalue weighted by Gasteiger charge is 2.04. The van der Waals surface area contributed by atoms with Crippen LogP contribution in [0.3, 0.4) is 0 Å². The molecule has 5 nitrogen and oxygen atoms in total. The van der Waals surface area contributed by atoms with Gasteiger partial charge < -0.3 is 14.9 Å². The number of carboxylic acid groups (broad SMARTS) is 1. The summed E-state index contributed by atoms with van der Waals surface area (Å²) in [4.78, 5) is 14.1. The molecule has 1 heterocycles. The zero-order chi connectivity index (χ0) is 16.8. The molecule has 120 valence electrons. The van der Waals surface area contributed by atoms with Crippen LogP contribution in [-0.2, 0) is 4.79 Å². The largest absolute Gasteiger partial charge is 0.493 e. The van der Waals surface area contributed by atoms with E-state index in [1.54, 1.807) is 0 Å². The zero-order valence-electron chi connectivity index (χ0n) is 13.1. The summed E-state index contributed by atoms with van der Waals surface area (Å²) >= 11 is 0. The number of aromatic nitrogens is 1. The van der Waals surface area contributed by atoms with Gasteiger partial charge >= 0.3 is 5.97 Å². The van der Waals surface area contributed by atoms with Crippen molar-refractivity contribution in [2.45, 2.75) is 20.0 Å². The second-order valence-corrected chi connectivity index (χ2v) is 4.95. The second kappa shape index (κ2) is 7.56. The number of hydrogen-bond donors (Lipinski definition) is 2. The van der Waals surface area contributed by atoms with Crippen LogP contribution in [0.4, 0.5) is 0 Å². The molecular weight excluding hydrogens is 294 g/mol. The first kappa shape index (κ1) is 16.7. The molecule has 0 aliphatic carbocycles. The highest BCUT2D eigenvalue weighted by Crippen LogP contribution is 2.27. The Kier molecular flexibility index (Phi) is 5.49. The quantitative estimate of drug-likeness (QED) is 0.726. The summed E-state index contributed by atoms with van der Waals surface area (Å²) in [7, 11) is 0. The average molecular weight is 313 g/mol. The number of rotatable bonds is 3. The van der Waals surface area contributed by atoms with E-state index < -0.39 is 12.1 Å². The van der Waals surface area contributed by atoms with Crippen LogP contribution in [0.5, 0.6) is 5.75 Å². The van der Waals surface area contributed by atoms with Crippen molar-refractivity contribution in [2.24, 2.45) is 0 Å². The topological polar surface area (TPSA) is 79.7 Å². The van der Waals surface area contributed by atoms with Gasteiger partial charge in [-0.1, -0.05) is 24.3 Å². The lowest BCUT2D eigenvalue weighted by Gasteiger charge is -2.07. The van der Waals surface area contributed by atoms with Crippen molar-refractivity contribution >= 4 is 27.8 Å². The van der Waals surface area contributed by atoms with E-state index in [0.717, 1.165) is 27.6 Å². The van der Waals surface area contributed by atoms with Gasteiger partial charge in [0.15, 0.2) is 0 Å². The van der Waals surface area contributed by atoms with E-state index in [0.29, 0.717) is 6.61 Å². The van der Waals surface area contributed by atoms with E-state index in [1.165, 1.54) is 6.92 Å². The highest BCUT2D eigenvalue weighted by molar-refractivity contribution is 5.95. The number of carboxylic acids is 1. The summed E-state index contributed by atoms with van der Waals surface area (Å²) in [5, 5.41) is 18.0. The first-order valence-electron chi connectivity index (χ1n) is 7.35. The van der Waals surface area contributed by atoms with Crippen molar-refractivity contribution in [3.05, 3.63) is 48.5 Å². The van der Waals surface area contributed by atoms with E-state index in [1.807, 2.05) is 43.3 Å². The summed E-state index contributed by atoms with van der Waals surface area (Å²) in [5.74, 6) is -0.279. The molecule has 2 N–H and O–H groups in total. The van der Waals surface area contributed by atoms with Crippen LogP contribution >= 0.6 is 0 Å². The fourth-order valence-electron chi connectivity index (χ4n) is 2.05. The van der Waals surface area contributed by atoms with Crippen molar-refractivity contribution in [1.29, 1.82) is 0 Å². The van der Waals surface area contributed by atoms with Gasteiger partial charge in [0.05, 0.1) is 17.6 Å². The molecule has 0 amide bonds. The monoisotopic (exact) mass is 313 g/mol. The third-order valence-corrected chi connectivity index (χ3v) is 3.18. The molecule has 0 spiro atoms. The van der Waals surface area contributed by atoms with E-state index in [9.17, 15) is 4.79 Å². The summed E-state index contributed by atoms with van der Waals surface area (Å²) in [6, 6.07) is 16.3. The number of fused-ring (bicyclic) bond motifs is 2. The smallest absolute Gasteiger partial charge is 0.332 e. The van der Waals surface area contributed by atoms with Crippen molar-refractivity contribution < 1.29 is 19.7 Å².